The first-order valence-electron chi connectivity index (χ1n) is 4.91. The van der Waals surface area contributed by atoms with Crippen molar-refractivity contribution >= 4 is 18.0 Å². The first-order valence-corrected chi connectivity index (χ1v) is 4.91. The molecule has 0 saturated heterocycles. The first-order chi connectivity index (χ1) is 7.52. The Kier molecular flexibility index (Phi) is 6.86. The molecule has 0 unspecified atom stereocenters. The zero-order valence-electron chi connectivity index (χ0n) is 9.14. The molecule has 0 aromatic heterocycles. The molecular weight excluding hydrogens is 216 g/mol. The quantitative estimate of drug-likeness (QED) is 0.656. The van der Waals surface area contributed by atoms with Gasteiger partial charge in [0.15, 0.2) is 0 Å². The number of carbonyl (C=O) groups excluding carboxylic acids is 2. The Morgan fingerprint density at radius 1 is 1.31 bits per heavy atom. The van der Waals surface area contributed by atoms with Crippen LogP contribution in [0.25, 0.3) is 0 Å². The summed E-state index contributed by atoms with van der Waals surface area (Å²) >= 11 is 0. The highest BCUT2D eigenvalue weighted by molar-refractivity contribution is 5.92. The van der Waals surface area contributed by atoms with Gasteiger partial charge in [-0.2, -0.15) is 0 Å². The van der Waals surface area contributed by atoms with Crippen LogP contribution in [-0.2, 0) is 14.3 Å². The van der Waals surface area contributed by atoms with Crippen LogP contribution in [0, 0.1) is 0 Å². The molecule has 92 valence electrons. The minimum atomic E-state index is -1.09. The number of aliphatic carboxylic acids is 1. The summed E-state index contributed by atoms with van der Waals surface area (Å²) < 4.78 is 4.64. The highest BCUT2D eigenvalue weighted by Gasteiger charge is 2.22. The number of hydrogen-bond acceptors (Lipinski definition) is 5. The standard InChI is InChI=1S/C9H16N2O5/c1-2-16-9(15)11(6-4-8(13)14)7(12)3-5-10/h2-6,10H2,1H3,(H,13,14). The number of carboxylic acid groups (broad SMARTS) is 1. The number of nitrogens with zero attached hydrogens (tertiary/aromatic N) is 1. The van der Waals surface area contributed by atoms with Crippen LogP contribution >= 0.6 is 0 Å². The molecule has 3 N–H and O–H groups in total. The van der Waals surface area contributed by atoms with Crippen molar-refractivity contribution in [2.75, 3.05) is 19.7 Å². The van der Waals surface area contributed by atoms with Gasteiger partial charge in [0, 0.05) is 19.5 Å². The number of carboxylic acids is 1. The predicted octanol–water partition coefficient (Wildman–Crippen LogP) is -0.205. The van der Waals surface area contributed by atoms with Gasteiger partial charge in [-0.15, -0.1) is 0 Å². The smallest absolute Gasteiger partial charge is 0.416 e. The van der Waals surface area contributed by atoms with Crippen LogP contribution in [0.1, 0.15) is 19.8 Å². The van der Waals surface area contributed by atoms with Crippen molar-refractivity contribution in [3.8, 4) is 0 Å². The molecule has 0 aromatic rings. The van der Waals surface area contributed by atoms with Crippen molar-refractivity contribution < 1.29 is 24.2 Å². The zero-order valence-corrected chi connectivity index (χ0v) is 9.14. The molecule has 0 aliphatic heterocycles. The number of rotatable bonds is 6. The number of imide groups is 1. The fourth-order valence-corrected chi connectivity index (χ4v) is 0.985. The van der Waals surface area contributed by atoms with Crippen LogP contribution in [0.3, 0.4) is 0 Å². The van der Waals surface area contributed by atoms with Gasteiger partial charge in [0.05, 0.1) is 13.0 Å². The third kappa shape index (κ3) is 5.30. The van der Waals surface area contributed by atoms with Crippen molar-refractivity contribution in [2.24, 2.45) is 5.73 Å². The van der Waals surface area contributed by atoms with E-state index in [2.05, 4.69) is 4.74 Å². The van der Waals surface area contributed by atoms with Gasteiger partial charge in [-0.1, -0.05) is 0 Å². The first kappa shape index (κ1) is 14.4. The molecule has 0 rings (SSSR count). The number of carbonyl (C=O) groups is 3. The van der Waals surface area contributed by atoms with E-state index in [9.17, 15) is 14.4 Å². The monoisotopic (exact) mass is 232 g/mol. The third-order valence-electron chi connectivity index (χ3n) is 1.70. The molecule has 0 fully saturated rings. The molecule has 7 nitrogen and oxygen atoms in total. The normalized spacial score (nSPS) is 9.62. The van der Waals surface area contributed by atoms with E-state index in [0.717, 1.165) is 4.90 Å². The maximum atomic E-state index is 11.4. The number of amides is 2. The SMILES string of the molecule is CCOC(=O)N(CCC(=O)O)C(=O)CCN. The van der Waals surface area contributed by atoms with E-state index in [1.807, 2.05) is 0 Å². The second-order valence-corrected chi connectivity index (χ2v) is 2.93. The van der Waals surface area contributed by atoms with Crippen molar-refractivity contribution in [2.45, 2.75) is 19.8 Å². The van der Waals surface area contributed by atoms with Crippen LogP contribution in [0.4, 0.5) is 4.79 Å². The van der Waals surface area contributed by atoms with Crippen LogP contribution in [0.15, 0.2) is 0 Å². The van der Waals surface area contributed by atoms with Crippen molar-refractivity contribution in [3.05, 3.63) is 0 Å². The van der Waals surface area contributed by atoms with Crippen LogP contribution in [0.2, 0.25) is 0 Å². The van der Waals surface area contributed by atoms with Gasteiger partial charge in [-0.3, -0.25) is 9.59 Å². The average molecular weight is 232 g/mol. The van der Waals surface area contributed by atoms with Crippen molar-refractivity contribution in [3.63, 3.8) is 0 Å². The fourth-order valence-electron chi connectivity index (χ4n) is 0.985. The summed E-state index contributed by atoms with van der Waals surface area (Å²) in [5, 5.41) is 8.47. The Balaban J connectivity index is 4.42. The lowest BCUT2D eigenvalue weighted by Gasteiger charge is -2.18. The van der Waals surface area contributed by atoms with Gasteiger partial charge in [-0.25, -0.2) is 9.69 Å². The van der Waals surface area contributed by atoms with Crippen LogP contribution in [0.5, 0.6) is 0 Å². The van der Waals surface area contributed by atoms with E-state index in [0.29, 0.717) is 0 Å². The molecule has 0 spiro atoms. The van der Waals surface area contributed by atoms with Gasteiger partial charge in [0.25, 0.3) is 0 Å². The second-order valence-electron chi connectivity index (χ2n) is 2.93. The lowest BCUT2D eigenvalue weighted by Crippen LogP contribution is -2.39. The Hall–Kier alpha value is -1.63. The Morgan fingerprint density at radius 2 is 1.94 bits per heavy atom. The van der Waals surface area contributed by atoms with E-state index >= 15 is 0 Å². The molecule has 0 aromatic carbocycles. The fraction of sp³-hybridized carbons (Fsp3) is 0.667. The molecule has 0 heterocycles. The topological polar surface area (TPSA) is 110 Å². The highest BCUT2D eigenvalue weighted by atomic mass is 16.6. The van der Waals surface area contributed by atoms with Gasteiger partial charge < -0.3 is 15.6 Å². The summed E-state index contributed by atoms with van der Waals surface area (Å²) in [6.45, 7) is 1.62. The van der Waals surface area contributed by atoms with Crippen molar-refractivity contribution in [1.82, 2.24) is 4.90 Å². The van der Waals surface area contributed by atoms with Crippen LogP contribution in [-0.4, -0.2) is 47.7 Å². The average Bonchev–Trinajstić information content (AvgIpc) is 2.18. The van der Waals surface area contributed by atoms with E-state index in [1.54, 1.807) is 6.92 Å². The van der Waals surface area contributed by atoms with Gasteiger partial charge in [0.2, 0.25) is 5.91 Å². The summed E-state index contributed by atoms with van der Waals surface area (Å²) in [4.78, 5) is 33.9. The lowest BCUT2D eigenvalue weighted by molar-refractivity contribution is -0.138. The number of hydrogen-bond donors (Lipinski definition) is 2. The molecule has 2 amide bonds. The largest absolute Gasteiger partial charge is 0.481 e. The van der Waals surface area contributed by atoms with E-state index in [1.165, 1.54) is 0 Å². The Bertz CT molecular complexity index is 249. The molecule has 0 saturated carbocycles. The molecule has 0 aliphatic rings. The summed E-state index contributed by atoms with van der Waals surface area (Å²) in [6.07, 6.45) is -1.16. The highest BCUT2D eigenvalue weighted by Crippen LogP contribution is 2.00. The predicted molar refractivity (Wildman–Crippen MR) is 54.7 cm³/mol. The molecule has 7 heteroatoms. The van der Waals surface area contributed by atoms with Crippen LogP contribution < -0.4 is 5.73 Å². The molecule has 0 aliphatic carbocycles. The minimum Gasteiger partial charge on any atom is -0.481 e. The third-order valence-corrected chi connectivity index (χ3v) is 1.70. The van der Waals surface area contributed by atoms with Gasteiger partial charge in [-0.05, 0) is 6.92 Å². The summed E-state index contributed by atoms with van der Waals surface area (Å²) in [6, 6.07) is 0. The summed E-state index contributed by atoms with van der Waals surface area (Å²) in [5.74, 6) is -1.61. The molecular formula is C9H16N2O5. The van der Waals surface area contributed by atoms with E-state index in [4.69, 9.17) is 10.8 Å². The number of nitrogens with two attached hydrogens (primary N) is 1. The molecule has 0 bridgehead atoms. The summed E-state index contributed by atoms with van der Waals surface area (Å²) in [5.41, 5.74) is 5.18. The molecule has 0 radical (unpaired) electrons. The number of ether oxygens (including phenoxy) is 1. The Labute approximate surface area is 93.2 Å². The maximum absolute atomic E-state index is 11.4. The summed E-state index contributed by atoms with van der Waals surface area (Å²) in [7, 11) is 0. The molecule has 16 heavy (non-hydrogen) atoms. The lowest BCUT2D eigenvalue weighted by atomic mass is 10.3. The zero-order chi connectivity index (χ0) is 12.6. The van der Waals surface area contributed by atoms with Gasteiger partial charge in [0.1, 0.15) is 0 Å². The van der Waals surface area contributed by atoms with Gasteiger partial charge >= 0.3 is 12.1 Å². The minimum absolute atomic E-state index is 0.0154. The van der Waals surface area contributed by atoms with Crippen molar-refractivity contribution in [1.29, 1.82) is 0 Å². The van der Waals surface area contributed by atoms with E-state index in [-0.39, 0.29) is 32.5 Å². The second kappa shape index (κ2) is 7.63. The maximum Gasteiger partial charge on any atom is 0.416 e. The molecule has 0 atom stereocenters. The Morgan fingerprint density at radius 3 is 2.38 bits per heavy atom. The van der Waals surface area contributed by atoms with E-state index < -0.39 is 18.0 Å².